The summed E-state index contributed by atoms with van der Waals surface area (Å²) in [5.41, 5.74) is -0.753. The Kier molecular flexibility index (Phi) is 3.19. The first-order valence-electron chi connectivity index (χ1n) is 7.57. The summed E-state index contributed by atoms with van der Waals surface area (Å²) in [5, 5.41) is 9.23. The minimum absolute atomic E-state index is 0.0156. The van der Waals surface area contributed by atoms with E-state index in [9.17, 15) is 14.9 Å². The molecule has 0 aromatic heterocycles. The van der Waals surface area contributed by atoms with Crippen molar-refractivity contribution in [1.29, 1.82) is 5.26 Å². The van der Waals surface area contributed by atoms with Crippen molar-refractivity contribution in [3.8, 4) is 6.07 Å². The molecule has 3 aliphatic rings. The van der Waals surface area contributed by atoms with Crippen LogP contribution in [-0.2, 0) is 9.59 Å². The van der Waals surface area contributed by atoms with Gasteiger partial charge in [0.2, 0.25) is 11.8 Å². The van der Waals surface area contributed by atoms with Gasteiger partial charge in [-0.3, -0.25) is 9.59 Å². The van der Waals surface area contributed by atoms with Crippen LogP contribution in [0.5, 0.6) is 0 Å². The van der Waals surface area contributed by atoms with E-state index in [0.717, 1.165) is 12.8 Å². The van der Waals surface area contributed by atoms with Crippen molar-refractivity contribution in [2.75, 3.05) is 26.2 Å². The van der Waals surface area contributed by atoms with Gasteiger partial charge in [-0.05, 0) is 31.6 Å². The number of nitrogens with zero attached hydrogens (tertiary/aromatic N) is 3. The van der Waals surface area contributed by atoms with Crippen LogP contribution in [0.25, 0.3) is 0 Å². The van der Waals surface area contributed by atoms with Crippen LogP contribution in [0.15, 0.2) is 0 Å². The van der Waals surface area contributed by atoms with Crippen LogP contribution in [0.1, 0.15) is 32.6 Å². The number of amides is 2. The molecule has 2 saturated carbocycles. The Morgan fingerprint density at radius 3 is 2.10 bits per heavy atom. The molecule has 0 aromatic carbocycles. The number of carbonyl (C=O) groups is 2. The lowest BCUT2D eigenvalue weighted by Crippen LogP contribution is -2.55. The summed E-state index contributed by atoms with van der Waals surface area (Å²) in [6.07, 6.45) is 3.37. The lowest BCUT2D eigenvalue weighted by Gasteiger charge is -2.41. The molecule has 0 unspecified atom stereocenters. The summed E-state index contributed by atoms with van der Waals surface area (Å²) in [6, 6.07) is 2.21. The smallest absolute Gasteiger partial charge is 0.243 e. The molecule has 5 heteroatoms. The van der Waals surface area contributed by atoms with E-state index in [4.69, 9.17) is 0 Å². The third-order valence-corrected chi connectivity index (χ3v) is 5.14. The summed E-state index contributed by atoms with van der Waals surface area (Å²) in [5.74, 6) is 0.981. The molecule has 1 aliphatic heterocycles. The van der Waals surface area contributed by atoms with Gasteiger partial charge < -0.3 is 9.80 Å². The van der Waals surface area contributed by atoms with Gasteiger partial charge in [-0.25, -0.2) is 0 Å². The first-order valence-corrected chi connectivity index (χ1v) is 7.57. The Labute approximate surface area is 119 Å². The topological polar surface area (TPSA) is 64.4 Å². The number of piperazine rings is 1. The second-order valence-electron chi connectivity index (χ2n) is 6.48. The molecule has 0 N–H and O–H groups in total. The zero-order chi connectivity index (χ0) is 14.3. The van der Waals surface area contributed by atoms with Crippen molar-refractivity contribution < 1.29 is 9.59 Å². The summed E-state index contributed by atoms with van der Waals surface area (Å²) < 4.78 is 0. The molecule has 20 heavy (non-hydrogen) atoms. The monoisotopic (exact) mass is 275 g/mol. The van der Waals surface area contributed by atoms with Crippen LogP contribution in [0.2, 0.25) is 0 Å². The lowest BCUT2D eigenvalue weighted by molar-refractivity contribution is -0.148. The predicted molar refractivity (Wildman–Crippen MR) is 72.3 cm³/mol. The Balaban J connectivity index is 1.55. The largest absolute Gasteiger partial charge is 0.339 e. The fourth-order valence-electron chi connectivity index (χ4n) is 3.24. The van der Waals surface area contributed by atoms with Gasteiger partial charge in [-0.15, -0.1) is 0 Å². The molecule has 1 heterocycles. The molecule has 0 bridgehead atoms. The van der Waals surface area contributed by atoms with E-state index in [1.807, 2.05) is 4.90 Å². The van der Waals surface area contributed by atoms with Crippen LogP contribution in [0.3, 0.4) is 0 Å². The number of nitriles is 1. The highest BCUT2D eigenvalue weighted by Crippen LogP contribution is 2.42. The van der Waals surface area contributed by atoms with E-state index in [-0.39, 0.29) is 17.7 Å². The maximum Gasteiger partial charge on any atom is 0.243 e. The van der Waals surface area contributed by atoms with Crippen molar-refractivity contribution in [1.82, 2.24) is 9.80 Å². The molecule has 2 aliphatic carbocycles. The first kappa shape index (κ1) is 13.4. The summed E-state index contributed by atoms with van der Waals surface area (Å²) in [7, 11) is 0. The second kappa shape index (κ2) is 4.76. The third-order valence-electron chi connectivity index (χ3n) is 5.14. The predicted octanol–water partition coefficient (Wildman–Crippen LogP) is 1.01. The second-order valence-corrected chi connectivity index (χ2v) is 6.48. The average Bonchev–Trinajstić information content (AvgIpc) is 3.14. The molecular weight excluding hydrogens is 254 g/mol. The van der Waals surface area contributed by atoms with E-state index in [2.05, 4.69) is 13.0 Å². The molecule has 2 atom stereocenters. The summed E-state index contributed by atoms with van der Waals surface area (Å²) in [4.78, 5) is 28.2. The number of hydrogen-bond donors (Lipinski definition) is 0. The fraction of sp³-hybridized carbons (Fsp3) is 0.800. The molecule has 3 rings (SSSR count). The minimum Gasteiger partial charge on any atom is -0.339 e. The molecule has 5 nitrogen and oxygen atoms in total. The Morgan fingerprint density at radius 1 is 1.15 bits per heavy atom. The molecule has 0 spiro atoms. The number of carbonyl (C=O) groups excluding carboxylic acids is 2. The van der Waals surface area contributed by atoms with Crippen LogP contribution < -0.4 is 0 Å². The Hall–Kier alpha value is -1.57. The highest BCUT2D eigenvalue weighted by atomic mass is 16.2. The SMILES string of the molecule is C[C@@H]1C[C@@H]1C(=O)N1CCN(C(=O)C2(C#N)CCC2)CC1. The highest BCUT2D eigenvalue weighted by molar-refractivity contribution is 5.87. The standard InChI is InChI=1S/C15H21N3O2/c1-11-9-12(11)13(19)17-5-7-18(8-6-17)14(20)15(10-16)3-2-4-15/h11-12H,2-9H2,1H3/t11-,12+/m1/s1. The van der Waals surface area contributed by atoms with Gasteiger partial charge in [0.15, 0.2) is 0 Å². The first-order chi connectivity index (χ1) is 9.57. The molecule has 2 amide bonds. The van der Waals surface area contributed by atoms with Crippen molar-refractivity contribution in [3.05, 3.63) is 0 Å². The molecule has 3 fully saturated rings. The normalized spacial score (nSPS) is 31.2. The van der Waals surface area contributed by atoms with Gasteiger partial charge in [0.25, 0.3) is 0 Å². The number of hydrogen-bond acceptors (Lipinski definition) is 3. The third kappa shape index (κ3) is 2.07. The lowest BCUT2D eigenvalue weighted by atomic mass is 9.69. The highest BCUT2D eigenvalue weighted by Gasteiger charge is 2.48. The number of rotatable bonds is 2. The minimum atomic E-state index is -0.753. The molecular formula is C15H21N3O2. The van der Waals surface area contributed by atoms with Gasteiger partial charge in [-0.2, -0.15) is 5.26 Å². The zero-order valence-corrected chi connectivity index (χ0v) is 12.0. The Morgan fingerprint density at radius 2 is 1.70 bits per heavy atom. The van der Waals surface area contributed by atoms with Gasteiger partial charge in [0.05, 0.1) is 6.07 Å². The van der Waals surface area contributed by atoms with Crippen LogP contribution in [-0.4, -0.2) is 47.8 Å². The quantitative estimate of drug-likeness (QED) is 0.755. The van der Waals surface area contributed by atoms with E-state index < -0.39 is 5.41 Å². The van der Waals surface area contributed by atoms with E-state index in [1.165, 1.54) is 0 Å². The summed E-state index contributed by atoms with van der Waals surface area (Å²) in [6.45, 7) is 4.50. The molecule has 108 valence electrons. The van der Waals surface area contributed by atoms with Crippen molar-refractivity contribution in [3.63, 3.8) is 0 Å². The maximum absolute atomic E-state index is 12.4. The van der Waals surface area contributed by atoms with Crippen molar-refractivity contribution in [2.45, 2.75) is 32.6 Å². The van der Waals surface area contributed by atoms with Crippen molar-refractivity contribution >= 4 is 11.8 Å². The summed E-state index contributed by atoms with van der Waals surface area (Å²) >= 11 is 0. The van der Waals surface area contributed by atoms with Crippen LogP contribution >= 0.6 is 0 Å². The fourth-order valence-corrected chi connectivity index (χ4v) is 3.24. The maximum atomic E-state index is 12.4. The van der Waals surface area contributed by atoms with E-state index in [1.54, 1.807) is 4.90 Å². The molecule has 0 radical (unpaired) electrons. The molecule has 0 aromatic rings. The average molecular weight is 275 g/mol. The van der Waals surface area contributed by atoms with Crippen LogP contribution in [0, 0.1) is 28.6 Å². The van der Waals surface area contributed by atoms with E-state index >= 15 is 0 Å². The zero-order valence-electron chi connectivity index (χ0n) is 12.0. The Bertz CT molecular complexity index is 470. The van der Waals surface area contributed by atoms with Gasteiger partial charge in [0.1, 0.15) is 5.41 Å². The van der Waals surface area contributed by atoms with Crippen molar-refractivity contribution in [2.24, 2.45) is 17.3 Å². The van der Waals surface area contributed by atoms with Crippen LogP contribution in [0.4, 0.5) is 0 Å². The molecule has 1 saturated heterocycles. The van der Waals surface area contributed by atoms with Gasteiger partial charge in [-0.1, -0.05) is 6.92 Å². The van der Waals surface area contributed by atoms with E-state index in [0.29, 0.717) is 44.9 Å². The van der Waals surface area contributed by atoms with Gasteiger partial charge in [0, 0.05) is 32.1 Å². The van der Waals surface area contributed by atoms with Gasteiger partial charge >= 0.3 is 0 Å².